The van der Waals surface area contributed by atoms with Crippen molar-refractivity contribution in [3.05, 3.63) is 164 Å². The lowest BCUT2D eigenvalue weighted by atomic mass is 9.97. The van der Waals surface area contributed by atoms with Gasteiger partial charge in [0.15, 0.2) is 0 Å². The zero-order valence-electron chi connectivity index (χ0n) is 27.0. The average Bonchev–Trinajstić information content (AvgIpc) is 3.67. The molecule has 0 aliphatic heterocycles. The topological polar surface area (TPSA) is 48.5 Å². The van der Waals surface area contributed by atoms with E-state index < -0.39 is 0 Å². The minimum atomic E-state index is 0.616. The second-order valence-corrected chi connectivity index (χ2v) is 12.1. The fraction of sp³-hybridized carbons (Fsp3) is 0.0227. The lowest BCUT2D eigenvalue weighted by molar-refractivity contribution is 1.01. The molecule has 5 aromatic carbocycles. The standard InChI is InChI=1S/C44H31N5/c1-3-15-37-32(4-2)41-33(21-13-23-39(41)48(37)31-18-9-6-10-19-31)30-25-26-38-35(28-30)43-40(24-14-27-45-43)49(38)44-46-36-22-12-11-20-34(36)42(47-44)29-16-7-5-8-17-29/h3-28H,2H2,1H3/b15-3-. The first kappa shape index (κ1) is 28.6. The number of hydrogen-bond donors (Lipinski definition) is 0. The van der Waals surface area contributed by atoms with Gasteiger partial charge < -0.3 is 4.57 Å². The van der Waals surface area contributed by atoms with Crippen LogP contribution in [0, 0.1) is 0 Å². The third kappa shape index (κ3) is 4.51. The first-order valence-corrected chi connectivity index (χ1v) is 16.5. The highest BCUT2D eigenvalue weighted by molar-refractivity contribution is 6.11. The number of fused-ring (bicyclic) bond motifs is 5. The molecule has 0 saturated carbocycles. The molecule has 4 aromatic heterocycles. The summed E-state index contributed by atoms with van der Waals surface area (Å²) in [5, 5.41) is 3.22. The molecular weight excluding hydrogens is 599 g/mol. The van der Waals surface area contributed by atoms with E-state index in [0.717, 1.165) is 83.1 Å². The predicted molar refractivity (Wildman–Crippen MR) is 204 cm³/mol. The fourth-order valence-corrected chi connectivity index (χ4v) is 7.21. The normalized spacial score (nSPS) is 11.8. The van der Waals surface area contributed by atoms with Crippen LogP contribution in [0.5, 0.6) is 0 Å². The summed E-state index contributed by atoms with van der Waals surface area (Å²) in [5.74, 6) is 0.616. The summed E-state index contributed by atoms with van der Waals surface area (Å²) >= 11 is 0. The molecule has 0 unspecified atom stereocenters. The van der Waals surface area contributed by atoms with Gasteiger partial charge >= 0.3 is 0 Å². The summed E-state index contributed by atoms with van der Waals surface area (Å²) in [6, 6.07) is 46.3. The van der Waals surface area contributed by atoms with E-state index in [0.29, 0.717) is 5.95 Å². The summed E-state index contributed by atoms with van der Waals surface area (Å²) in [5.41, 5.74) is 12.4. The quantitative estimate of drug-likeness (QED) is 0.184. The molecule has 5 nitrogen and oxygen atoms in total. The van der Waals surface area contributed by atoms with E-state index in [1.807, 2.05) is 48.7 Å². The number of hydrogen-bond acceptors (Lipinski definition) is 3. The van der Waals surface area contributed by atoms with E-state index in [1.165, 1.54) is 0 Å². The van der Waals surface area contributed by atoms with Gasteiger partial charge in [-0.25, -0.2) is 9.97 Å². The van der Waals surface area contributed by atoms with Gasteiger partial charge in [0.05, 0.1) is 39.0 Å². The molecular formula is C44H31N5. The minimum Gasteiger partial charge on any atom is -0.309 e. The van der Waals surface area contributed by atoms with Crippen molar-refractivity contribution < 1.29 is 0 Å². The van der Waals surface area contributed by atoms with Crippen molar-refractivity contribution >= 4 is 55.9 Å². The molecule has 0 N–H and O–H groups in total. The number of allylic oxidation sites excluding steroid dienone is 1. The predicted octanol–water partition coefficient (Wildman–Crippen LogP) is 11.1. The third-order valence-electron chi connectivity index (χ3n) is 9.28. The Hall–Kier alpha value is -6.59. The molecule has 0 fully saturated rings. The summed E-state index contributed by atoms with van der Waals surface area (Å²) in [7, 11) is 0. The molecule has 4 heterocycles. The molecule has 9 aromatic rings. The molecule has 9 rings (SSSR count). The summed E-state index contributed by atoms with van der Waals surface area (Å²) in [6.07, 6.45) is 8.09. The average molecular weight is 630 g/mol. The van der Waals surface area contributed by atoms with Crippen molar-refractivity contribution in [1.82, 2.24) is 24.1 Å². The molecule has 0 bridgehead atoms. The molecule has 0 radical (unpaired) electrons. The summed E-state index contributed by atoms with van der Waals surface area (Å²) in [4.78, 5) is 15.2. The van der Waals surface area contributed by atoms with E-state index in [-0.39, 0.29) is 0 Å². The second kappa shape index (κ2) is 11.6. The van der Waals surface area contributed by atoms with Crippen LogP contribution in [-0.2, 0) is 0 Å². The Bertz CT molecular complexity index is 2730. The van der Waals surface area contributed by atoms with Gasteiger partial charge in [-0.3, -0.25) is 9.55 Å². The number of para-hydroxylation sites is 2. The largest absolute Gasteiger partial charge is 0.309 e. The van der Waals surface area contributed by atoms with Crippen molar-refractivity contribution in [2.45, 2.75) is 6.92 Å². The van der Waals surface area contributed by atoms with Gasteiger partial charge in [-0.15, -0.1) is 0 Å². The van der Waals surface area contributed by atoms with Crippen molar-refractivity contribution in [3.63, 3.8) is 0 Å². The van der Waals surface area contributed by atoms with Gasteiger partial charge in [0.25, 0.3) is 0 Å². The van der Waals surface area contributed by atoms with Crippen LogP contribution in [0.3, 0.4) is 0 Å². The van der Waals surface area contributed by atoms with E-state index in [4.69, 9.17) is 15.0 Å². The van der Waals surface area contributed by atoms with E-state index >= 15 is 0 Å². The Labute approximate surface area is 283 Å². The van der Waals surface area contributed by atoms with Crippen LogP contribution in [0.25, 0.3) is 89.9 Å². The molecule has 49 heavy (non-hydrogen) atoms. The Morgan fingerprint density at radius 1 is 0.633 bits per heavy atom. The number of aromatic nitrogens is 5. The van der Waals surface area contributed by atoms with Crippen LogP contribution in [0.2, 0.25) is 0 Å². The molecule has 0 saturated heterocycles. The van der Waals surface area contributed by atoms with Gasteiger partial charge in [0.1, 0.15) is 0 Å². The fourth-order valence-electron chi connectivity index (χ4n) is 7.21. The summed E-state index contributed by atoms with van der Waals surface area (Å²) in [6.45, 7) is 6.32. The van der Waals surface area contributed by atoms with Crippen molar-refractivity contribution in [2.75, 3.05) is 0 Å². The van der Waals surface area contributed by atoms with Crippen LogP contribution in [0.4, 0.5) is 0 Å². The van der Waals surface area contributed by atoms with Gasteiger partial charge in [0, 0.05) is 39.2 Å². The lowest BCUT2D eigenvalue weighted by Gasteiger charge is -2.12. The molecule has 0 amide bonds. The first-order chi connectivity index (χ1) is 24.2. The van der Waals surface area contributed by atoms with Gasteiger partial charge in [-0.1, -0.05) is 104 Å². The van der Waals surface area contributed by atoms with E-state index in [2.05, 4.69) is 132 Å². The Kier molecular flexibility index (Phi) is 6.76. The maximum atomic E-state index is 5.22. The smallest absolute Gasteiger partial charge is 0.235 e. The van der Waals surface area contributed by atoms with Gasteiger partial charge in [-0.05, 0) is 72.7 Å². The monoisotopic (exact) mass is 629 g/mol. The SMILES string of the molecule is C=Cc1c(/C=C\C)n(-c2ccccc2)c2cccc(-c3ccc4c(c3)c3ncccc3n4-c3nc(-c4ccccc4)c4ccccc4n3)c12. The Balaban J connectivity index is 1.31. The molecule has 0 aliphatic carbocycles. The molecule has 0 spiro atoms. The van der Waals surface area contributed by atoms with Gasteiger partial charge in [0.2, 0.25) is 5.95 Å². The maximum absolute atomic E-state index is 5.22. The minimum absolute atomic E-state index is 0.616. The van der Waals surface area contributed by atoms with Crippen LogP contribution in [-0.4, -0.2) is 24.1 Å². The molecule has 0 atom stereocenters. The highest BCUT2D eigenvalue weighted by Crippen LogP contribution is 2.40. The van der Waals surface area contributed by atoms with Crippen molar-refractivity contribution in [1.29, 1.82) is 0 Å². The highest BCUT2D eigenvalue weighted by Gasteiger charge is 2.21. The van der Waals surface area contributed by atoms with Crippen LogP contribution < -0.4 is 0 Å². The Morgan fingerprint density at radius 2 is 1.41 bits per heavy atom. The van der Waals surface area contributed by atoms with Crippen LogP contribution in [0.15, 0.2) is 152 Å². The molecule has 232 valence electrons. The van der Waals surface area contributed by atoms with E-state index in [9.17, 15) is 0 Å². The zero-order valence-corrected chi connectivity index (χ0v) is 27.0. The zero-order chi connectivity index (χ0) is 32.9. The van der Waals surface area contributed by atoms with Crippen molar-refractivity contribution in [3.8, 4) is 34.0 Å². The van der Waals surface area contributed by atoms with Crippen molar-refractivity contribution in [2.24, 2.45) is 0 Å². The maximum Gasteiger partial charge on any atom is 0.235 e. The van der Waals surface area contributed by atoms with Crippen LogP contribution in [0.1, 0.15) is 18.2 Å². The lowest BCUT2D eigenvalue weighted by Crippen LogP contribution is -2.03. The number of pyridine rings is 1. The number of nitrogens with zero attached hydrogens (tertiary/aromatic N) is 5. The van der Waals surface area contributed by atoms with Crippen LogP contribution >= 0.6 is 0 Å². The number of benzene rings is 5. The Morgan fingerprint density at radius 3 is 2.22 bits per heavy atom. The number of rotatable bonds is 6. The third-order valence-corrected chi connectivity index (χ3v) is 9.28. The molecule has 5 heteroatoms. The molecule has 0 aliphatic rings. The second-order valence-electron chi connectivity index (χ2n) is 12.1. The van der Waals surface area contributed by atoms with Gasteiger partial charge in [-0.2, -0.15) is 0 Å². The first-order valence-electron chi connectivity index (χ1n) is 16.5. The highest BCUT2D eigenvalue weighted by atomic mass is 15.2. The van der Waals surface area contributed by atoms with E-state index in [1.54, 1.807) is 0 Å². The summed E-state index contributed by atoms with van der Waals surface area (Å²) < 4.78 is 4.47.